The van der Waals surface area contributed by atoms with Crippen molar-refractivity contribution in [3.05, 3.63) is 12.7 Å². The van der Waals surface area contributed by atoms with Crippen LogP contribution in [0, 0.1) is 11.3 Å². The molecule has 0 saturated heterocycles. The Labute approximate surface area is 108 Å². The molecule has 1 atom stereocenters. The van der Waals surface area contributed by atoms with Crippen molar-refractivity contribution < 1.29 is 0 Å². The van der Waals surface area contributed by atoms with E-state index in [1.54, 1.807) is 0 Å². The minimum Gasteiger partial charge on any atom is -0.314 e. The summed E-state index contributed by atoms with van der Waals surface area (Å²) in [6.07, 6.45) is 11.5. The number of allylic oxidation sites excluding steroid dienone is 1. The normalized spacial score (nSPS) is 22.3. The number of unbranched alkanes of at least 4 members (excludes halogenated alkanes) is 1. The molecule has 1 nitrogen and oxygen atoms in total. The lowest BCUT2D eigenvalue weighted by molar-refractivity contribution is 0.157. The lowest BCUT2D eigenvalue weighted by atomic mass is 9.70. The van der Waals surface area contributed by atoms with Crippen molar-refractivity contribution in [2.45, 2.75) is 71.8 Å². The summed E-state index contributed by atoms with van der Waals surface area (Å²) in [4.78, 5) is 0. The van der Waals surface area contributed by atoms with Crippen LogP contribution in [0.15, 0.2) is 12.7 Å². The van der Waals surface area contributed by atoms with Gasteiger partial charge in [-0.05, 0) is 62.8 Å². The van der Waals surface area contributed by atoms with Crippen molar-refractivity contribution in [1.29, 1.82) is 0 Å². The van der Waals surface area contributed by atoms with E-state index in [9.17, 15) is 0 Å². The molecular formula is C16H31N. The largest absolute Gasteiger partial charge is 0.314 e. The van der Waals surface area contributed by atoms with Crippen molar-refractivity contribution in [2.24, 2.45) is 11.3 Å². The fraction of sp³-hybridized carbons (Fsp3) is 0.875. The molecule has 1 unspecified atom stereocenters. The van der Waals surface area contributed by atoms with Gasteiger partial charge < -0.3 is 5.32 Å². The van der Waals surface area contributed by atoms with Crippen molar-refractivity contribution >= 4 is 0 Å². The summed E-state index contributed by atoms with van der Waals surface area (Å²) in [7, 11) is 0. The monoisotopic (exact) mass is 237 g/mol. The van der Waals surface area contributed by atoms with Gasteiger partial charge in [0.15, 0.2) is 0 Å². The molecule has 1 heteroatoms. The van der Waals surface area contributed by atoms with E-state index in [0.29, 0.717) is 5.41 Å². The Bertz CT molecular complexity index is 210. The summed E-state index contributed by atoms with van der Waals surface area (Å²) in [6.45, 7) is 12.0. The maximum absolute atomic E-state index is 3.81. The second-order valence-electron chi connectivity index (χ2n) is 6.39. The van der Waals surface area contributed by atoms with Crippen molar-refractivity contribution in [2.75, 3.05) is 6.54 Å². The van der Waals surface area contributed by atoms with Crippen molar-refractivity contribution in [3.63, 3.8) is 0 Å². The Morgan fingerprint density at radius 2 is 2.00 bits per heavy atom. The smallest absolute Gasteiger partial charge is 0.00953 e. The van der Waals surface area contributed by atoms with E-state index in [1.165, 1.54) is 44.9 Å². The molecule has 100 valence electrons. The zero-order valence-electron chi connectivity index (χ0n) is 12.1. The van der Waals surface area contributed by atoms with Crippen LogP contribution in [-0.4, -0.2) is 12.6 Å². The molecule has 1 rings (SSSR count). The highest BCUT2D eigenvalue weighted by Crippen LogP contribution is 2.39. The van der Waals surface area contributed by atoms with Gasteiger partial charge in [-0.15, -0.1) is 6.58 Å². The number of nitrogens with one attached hydrogen (secondary N) is 1. The average molecular weight is 237 g/mol. The lowest BCUT2D eigenvalue weighted by Gasteiger charge is -2.38. The van der Waals surface area contributed by atoms with Crippen LogP contribution < -0.4 is 5.32 Å². The van der Waals surface area contributed by atoms with Gasteiger partial charge in [0.25, 0.3) is 0 Å². The maximum atomic E-state index is 3.81. The molecule has 0 radical (unpaired) electrons. The molecule has 0 spiro atoms. The molecule has 0 aromatic carbocycles. The fourth-order valence-corrected chi connectivity index (χ4v) is 3.07. The molecule has 0 aromatic rings. The van der Waals surface area contributed by atoms with E-state index in [0.717, 1.165) is 18.5 Å². The molecule has 0 aliphatic heterocycles. The van der Waals surface area contributed by atoms with Crippen LogP contribution in [0.1, 0.15) is 65.7 Å². The second-order valence-corrected chi connectivity index (χ2v) is 6.39. The molecule has 1 aliphatic carbocycles. The second kappa shape index (κ2) is 7.20. The van der Waals surface area contributed by atoms with E-state index in [1.807, 2.05) is 6.08 Å². The first-order chi connectivity index (χ1) is 8.09. The SMILES string of the molecule is C=CCCCC(NCC)C1CCC(C)(C)CC1. The Balaban J connectivity index is 2.39. The number of hydrogen-bond donors (Lipinski definition) is 1. The maximum Gasteiger partial charge on any atom is 0.00953 e. The fourth-order valence-electron chi connectivity index (χ4n) is 3.07. The minimum atomic E-state index is 0.592. The third-order valence-corrected chi connectivity index (χ3v) is 4.34. The van der Waals surface area contributed by atoms with Crippen LogP contribution in [0.25, 0.3) is 0 Å². The van der Waals surface area contributed by atoms with Crippen LogP contribution in [0.2, 0.25) is 0 Å². The predicted octanol–water partition coefficient (Wildman–Crippen LogP) is 4.54. The molecule has 1 N–H and O–H groups in total. The van der Waals surface area contributed by atoms with Gasteiger partial charge in [-0.25, -0.2) is 0 Å². The summed E-state index contributed by atoms with van der Waals surface area (Å²) >= 11 is 0. The molecule has 0 bridgehead atoms. The summed E-state index contributed by atoms with van der Waals surface area (Å²) in [5.41, 5.74) is 0.592. The van der Waals surface area contributed by atoms with E-state index in [-0.39, 0.29) is 0 Å². The molecule has 0 heterocycles. The first kappa shape index (κ1) is 14.8. The van der Waals surface area contributed by atoms with Gasteiger partial charge in [0.2, 0.25) is 0 Å². The Hall–Kier alpha value is -0.300. The minimum absolute atomic E-state index is 0.592. The Morgan fingerprint density at radius 3 is 2.53 bits per heavy atom. The molecule has 1 aliphatic rings. The molecule has 1 saturated carbocycles. The molecular weight excluding hydrogens is 206 g/mol. The van der Waals surface area contributed by atoms with Gasteiger partial charge in [0.1, 0.15) is 0 Å². The standard InChI is InChI=1S/C16H31N/c1-5-7-8-9-15(17-6-2)14-10-12-16(3,4)13-11-14/h5,14-15,17H,1,6-13H2,2-4H3. The van der Waals surface area contributed by atoms with Crippen molar-refractivity contribution in [1.82, 2.24) is 5.32 Å². The summed E-state index contributed by atoms with van der Waals surface area (Å²) < 4.78 is 0. The topological polar surface area (TPSA) is 12.0 Å². The van der Waals surface area contributed by atoms with Gasteiger partial charge in [-0.3, -0.25) is 0 Å². The highest BCUT2D eigenvalue weighted by molar-refractivity contribution is 4.85. The van der Waals surface area contributed by atoms with Gasteiger partial charge in [-0.1, -0.05) is 26.8 Å². The first-order valence-electron chi connectivity index (χ1n) is 7.43. The van der Waals surface area contributed by atoms with Crippen LogP contribution in [0.4, 0.5) is 0 Å². The summed E-state index contributed by atoms with van der Waals surface area (Å²) in [5.74, 6) is 0.910. The highest BCUT2D eigenvalue weighted by Gasteiger charge is 2.30. The third-order valence-electron chi connectivity index (χ3n) is 4.34. The number of rotatable bonds is 7. The predicted molar refractivity (Wildman–Crippen MR) is 77.3 cm³/mol. The van der Waals surface area contributed by atoms with E-state index in [4.69, 9.17) is 0 Å². The number of hydrogen-bond acceptors (Lipinski definition) is 1. The Kier molecular flexibility index (Phi) is 6.26. The molecule has 1 fully saturated rings. The average Bonchev–Trinajstić information content (AvgIpc) is 2.28. The Morgan fingerprint density at radius 1 is 1.35 bits per heavy atom. The first-order valence-corrected chi connectivity index (χ1v) is 7.43. The lowest BCUT2D eigenvalue weighted by Crippen LogP contribution is -2.39. The van der Waals surface area contributed by atoms with Gasteiger partial charge in [0, 0.05) is 6.04 Å². The zero-order valence-corrected chi connectivity index (χ0v) is 12.1. The van der Waals surface area contributed by atoms with Crippen LogP contribution in [0.3, 0.4) is 0 Å². The van der Waals surface area contributed by atoms with Crippen molar-refractivity contribution in [3.8, 4) is 0 Å². The van der Waals surface area contributed by atoms with E-state index >= 15 is 0 Å². The third kappa shape index (κ3) is 5.25. The van der Waals surface area contributed by atoms with Crippen LogP contribution in [0.5, 0.6) is 0 Å². The quantitative estimate of drug-likeness (QED) is 0.506. The van der Waals surface area contributed by atoms with Gasteiger partial charge >= 0.3 is 0 Å². The van der Waals surface area contributed by atoms with Gasteiger partial charge in [0.05, 0.1) is 0 Å². The van der Waals surface area contributed by atoms with Gasteiger partial charge in [-0.2, -0.15) is 0 Å². The van der Waals surface area contributed by atoms with E-state index < -0.39 is 0 Å². The summed E-state index contributed by atoms with van der Waals surface area (Å²) in [6, 6.07) is 0.746. The van der Waals surface area contributed by atoms with Crippen LogP contribution >= 0.6 is 0 Å². The molecule has 0 aromatic heterocycles. The van der Waals surface area contributed by atoms with Crippen LogP contribution in [-0.2, 0) is 0 Å². The highest BCUT2D eigenvalue weighted by atomic mass is 14.9. The van der Waals surface area contributed by atoms with E-state index in [2.05, 4.69) is 32.7 Å². The summed E-state index contributed by atoms with van der Waals surface area (Å²) in [5, 5.41) is 3.70. The molecule has 17 heavy (non-hydrogen) atoms. The zero-order chi connectivity index (χ0) is 12.7. The molecule has 0 amide bonds.